The largest absolute Gasteiger partial charge is 0.493 e. The maximum absolute atomic E-state index is 11.1. The van der Waals surface area contributed by atoms with E-state index in [1.165, 1.54) is 6.42 Å². The molecule has 28 heavy (non-hydrogen) atoms. The van der Waals surface area contributed by atoms with Crippen molar-refractivity contribution < 1.29 is 19.4 Å². The summed E-state index contributed by atoms with van der Waals surface area (Å²) in [5.74, 6) is 1.11. The van der Waals surface area contributed by atoms with E-state index in [0.717, 1.165) is 50.7 Å². The predicted molar refractivity (Wildman–Crippen MR) is 116 cm³/mol. The van der Waals surface area contributed by atoms with Crippen molar-refractivity contribution in [2.75, 3.05) is 6.61 Å². The smallest absolute Gasteiger partial charge is 0.303 e. The summed E-state index contributed by atoms with van der Waals surface area (Å²) in [5.41, 5.74) is 0. The second-order valence-corrected chi connectivity index (χ2v) is 6.62. The van der Waals surface area contributed by atoms with Crippen molar-refractivity contribution in [3.05, 3.63) is 42.5 Å². The molecule has 2 rings (SSSR count). The molecule has 158 valence electrons. The van der Waals surface area contributed by atoms with E-state index in [4.69, 9.17) is 9.84 Å². The minimum atomic E-state index is -0.675. The maximum Gasteiger partial charge on any atom is 0.303 e. The Bertz CT molecular complexity index is 537. The van der Waals surface area contributed by atoms with Crippen LogP contribution in [0.15, 0.2) is 42.5 Å². The van der Waals surface area contributed by atoms with Crippen LogP contribution in [-0.4, -0.2) is 23.5 Å². The van der Waals surface area contributed by atoms with Gasteiger partial charge in [0.25, 0.3) is 0 Å². The monoisotopic (exact) mass is 390 g/mol. The number of aliphatic carboxylic acids is 1. The molecule has 0 heterocycles. The van der Waals surface area contributed by atoms with Crippen molar-refractivity contribution in [1.82, 2.24) is 0 Å². The molecule has 0 amide bonds. The average molecular weight is 391 g/mol. The van der Waals surface area contributed by atoms with E-state index in [2.05, 4.69) is 19.1 Å². The van der Waals surface area contributed by atoms with E-state index in [1.54, 1.807) is 0 Å². The van der Waals surface area contributed by atoms with Gasteiger partial charge in [-0.05, 0) is 37.3 Å². The Kier molecular flexibility index (Phi) is 16.9. The third-order valence-electron chi connectivity index (χ3n) is 4.23. The van der Waals surface area contributed by atoms with Crippen molar-refractivity contribution in [2.45, 2.75) is 78.6 Å². The van der Waals surface area contributed by atoms with Gasteiger partial charge in [-0.1, -0.05) is 70.4 Å². The molecule has 1 aromatic carbocycles. The fourth-order valence-corrected chi connectivity index (χ4v) is 2.76. The topological polar surface area (TPSA) is 63.6 Å². The van der Waals surface area contributed by atoms with E-state index in [1.807, 2.05) is 44.2 Å². The third kappa shape index (κ3) is 15.0. The van der Waals surface area contributed by atoms with Gasteiger partial charge in [-0.3, -0.25) is 9.59 Å². The zero-order chi connectivity index (χ0) is 21.0. The first-order chi connectivity index (χ1) is 13.6. The first kappa shape index (κ1) is 25.9. The normalized spacial score (nSPS) is 15.4. The summed E-state index contributed by atoms with van der Waals surface area (Å²) in [4.78, 5) is 21.0. The van der Waals surface area contributed by atoms with Gasteiger partial charge in [0, 0.05) is 19.3 Å². The molecular formula is C24H38O4. The first-order valence-electron chi connectivity index (χ1n) is 10.7. The van der Waals surface area contributed by atoms with E-state index in [0.29, 0.717) is 24.7 Å². The number of carbonyl (C=O) groups excluding carboxylic acids is 1. The SMILES string of the molecule is CC.CCCCCCC(=O)O.O=C1CCC(/C=C/CCOc2ccccc2)C1. The minimum Gasteiger partial charge on any atom is -0.493 e. The zero-order valence-corrected chi connectivity index (χ0v) is 17.9. The Labute approximate surface area is 171 Å². The Hall–Kier alpha value is -2.10. The predicted octanol–water partition coefficient (Wildman–Crippen LogP) is 6.45. The van der Waals surface area contributed by atoms with Crippen LogP contribution >= 0.6 is 0 Å². The standard InChI is InChI=1S/C15H18O2.C7H14O2.C2H6/c16-14-10-9-13(12-14)6-4-5-11-17-15-7-2-1-3-8-15;1-2-3-4-5-6-7(8)9;1-2/h1-4,6-8,13H,5,9-12H2;2-6H2,1H3,(H,8,9);1-2H3/b6-4+;;. The number of ether oxygens (including phenoxy) is 1. The number of hydrogen-bond donors (Lipinski definition) is 1. The highest BCUT2D eigenvalue weighted by Crippen LogP contribution is 2.23. The molecule has 1 aliphatic rings. The quantitative estimate of drug-likeness (QED) is 0.368. The van der Waals surface area contributed by atoms with Gasteiger partial charge in [-0.25, -0.2) is 0 Å². The number of hydrogen-bond acceptors (Lipinski definition) is 3. The molecule has 0 aromatic heterocycles. The van der Waals surface area contributed by atoms with Crippen molar-refractivity contribution in [3.8, 4) is 5.75 Å². The highest BCUT2D eigenvalue weighted by Gasteiger charge is 2.18. The van der Waals surface area contributed by atoms with Crippen molar-refractivity contribution in [1.29, 1.82) is 0 Å². The van der Waals surface area contributed by atoms with E-state index in [9.17, 15) is 9.59 Å². The Morgan fingerprint density at radius 1 is 1.18 bits per heavy atom. The van der Waals surface area contributed by atoms with Crippen LogP contribution in [0, 0.1) is 5.92 Å². The van der Waals surface area contributed by atoms with Crippen LogP contribution in [0.2, 0.25) is 0 Å². The molecule has 0 bridgehead atoms. The number of rotatable bonds is 10. The van der Waals surface area contributed by atoms with Crippen LogP contribution < -0.4 is 4.74 Å². The lowest BCUT2D eigenvalue weighted by Gasteiger charge is -2.03. The average Bonchev–Trinajstić information content (AvgIpc) is 3.13. The van der Waals surface area contributed by atoms with Crippen molar-refractivity contribution in [3.63, 3.8) is 0 Å². The second kappa shape index (κ2) is 18.3. The molecule has 1 N–H and O–H groups in total. The van der Waals surface area contributed by atoms with Crippen LogP contribution in [0.25, 0.3) is 0 Å². The number of carboxylic acids is 1. The van der Waals surface area contributed by atoms with Crippen LogP contribution in [0.4, 0.5) is 0 Å². The number of carbonyl (C=O) groups is 2. The summed E-state index contributed by atoms with van der Waals surface area (Å²) in [6.07, 6.45) is 12.3. The van der Waals surface area contributed by atoms with E-state index < -0.39 is 5.97 Å². The van der Waals surface area contributed by atoms with Gasteiger partial charge in [0.15, 0.2) is 0 Å². The summed E-state index contributed by atoms with van der Waals surface area (Å²) in [6.45, 7) is 6.81. The maximum atomic E-state index is 11.1. The minimum absolute atomic E-state index is 0.333. The van der Waals surface area contributed by atoms with Gasteiger partial charge in [0.1, 0.15) is 11.5 Å². The molecule has 1 unspecified atom stereocenters. The number of carboxylic acid groups (broad SMARTS) is 1. The lowest BCUT2D eigenvalue weighted by molar-refractivity contribution is -0.137. The summed E-state index contributed by atoms with van der Waals surface area (Å²) in [7, 11) is 0. The fraction of sp³-hybridized carbons (Fsp3) is 0.583. The molecule has 1 atom stereocenters. The molecular weight excluding hydrogens is 352 g/mol. The van der Waals surface area contributed by atoms with Gasteiger partial charge in [-0.2, -0.15) is 0 Å². The fourth-order valence-electron chi connectivity index (χ4n) is 2.76. The van der Waals surface area contributed by atoms with Gasteiger partial charge >= 0.3 is 5.97 Å². The highest BCUT2D eigenvalue weighted by molar-refractivity contribution is 5.80. The summed E-state index contributed by atoms with van der Waals surface area (Å²) in [6, 6.07) is 9.83. The Balaban J connectivity index is 0.000000566. The lowest BCUT2D eigenvalue weighted by Crippen LogP contribution is -1.96. The molecule has 1 saturated carbocycles. The van der Waals surface area contributed by atoms with Crippen molar-refractivity contribution in [2.24, 2.45) is 5.92 Å². The Morgan fingerprint density at radius 2 is 1.89 bits per heavy atom. The van der Waals surface area contributed by atoms with E-state index in [-0.39, 0.29) is 0 Å². The summed E-state index contributed by atoms with van der Waals surface area (Å²) in [5, 5.41) is 8.21. The highest BCUT2D eigenvalue weighted by atomic mass is 16.5. The molecule has 4 heteroatoms. The lowest BCUT2D eigenvalue weighted by atomic mass is 10.1. The van der Waals surface area contributed by atoms with Gasteiger partial charge < -0.3 is 9.84 Å². The van der Waals surface area contributed by atoms with Crippen LogP contribution in [-0.2, 0) is 9.59 Å². The summed E-state index contributed by atoms with van der Waals surface area (Å²) < 4.78 is 5.57. The van der Waals surface area contributed by atoms with Crippen LogP contribution in [0.3, 0.4) is 0 Å². The number of allylic oxidation sites excluding steroid dienone is 1. The second-order valence-electron chi connectivity index (χ2n) is 6.62. The molecule has 0 saturated heterocycles. The number of unbranched alkanes of at least 4 members (excludes halogenated alkanes) is 3. The number of para-hydroxylation sites is 1. The third-order valence-corrected chi connectivity index (χ3v) is 4.23. The van der Waals surface area contributed by atoms with Gasteiger partial charge in [0.2, 0.25) is 0 Å². The number of ketones is 1. The van der Waals surface area contributed by atoms with Crippen LogP contribution in [0.5, 0.6) is 5.75 Å². The van der Waals surface area contributed by atoms with Gasteiger partial charge in [-0.15, -0.1) is 0 Å². The molecule has 1 aliphatic carbocycles. The molecule has 0 spiro atoms. The molecule has 1 fully saturated rings. The Morgan fingerprint density at radius 3 is 2.46 bits per heavy atom. The van der Waals surface area contributed by atoms with Crippen LogP contribution in [0.1, 0.15) is 78.6 Å². The first-order valence-corrected chi connectivity index (χ1v) is 10.7. The molecule has 4 nitrogen and oxygen atoms in total. The van der Waals surface area contributed by atoms with E-state index >= 15 is 0 Å². The molecule has 0 radical (unpaired) electrons. The zero-order valence-electron chi connectivity index (χ0n) is 17.9. The number of Topliss-reactive ketones (excluding diaryl/α,β-unsaturated/α-hetero) is 1. The number of benzene rings is 1. The molecule has 0 aliphatic heterocycles. The summed E-state index contributed by atoms with van der Waals surface area (Å²) >= 11 is 0. The molecule has 1 aromatic rings. The van der Waals surface area contributed by atoms with Crippen molar-refractivity contribution >= 4 is 11.8 Å². The van der Waals surface area contributed by atoms with Gasteiger partial charge in [0.05, 0.1) is 6.61 Å².